The van der Waals surface area contributed by atoms with Gasteiger partial charge in [0.05, 0.1) is 22.4 Å². The average Bonchev–Trinajstić information content (AvgIpc) is 2.79. The zero-order valence-electron chi connectivity index (χ0n) is 15.8. The average molecular weight is 396 g/mol. The van der Waals surface area contributed by atoms with E-state index in [2.05, 4.69) is 10.4 Å². The number of carbonyl (C=O) groups is 2. The summed E-state index contributed by atoms with van der Waals surface area (Å²) in [7, 11) is 0. The van der Waals surface area contributed by atoms with Crippen molar-refractivity contribution in [1.29, 1.82) is 0 Å². The molecule has 1 aliphatic rings. The van der Waals surface area contributed by atoms with Crippen LogP contribution in [0.15, 0.2) is 83.7 Å². The molecule has 0 fully saturated rings. The fourth-order valence-electron chi connectivity index (χ4n) is 3.63. The lowest BCUT2D eigenvalue weighted by atomic mass is 10.1. The third kappa shape index (κ3) is 2.84. The van der Waals surface area contributed by atoms with E-state index in [0.717, 1.165) is 0 Å². The van der Waals surface area contributed by atoms with Gasteiger partial charge in [0.1, 0.15) is 6.54 Å². The van der Waals surface area contributed by atoms with Gasteiger partial charge in [-0.2, -0.15) is 9.78 Å². The van der Waals surface area contributed by atoms with Crippen molar-refractivity contribution in [1.82, 2.24) is 9.78 Å². The predicted molar refractivity (Wildman–Crippen MR) is 114 cm³/mol. The Balaban J connectivity index is 1.73. The first-order valence-corrected chi connectivity index (χ1v) is 9.42. The predicted octanol–water partition coefficient (Wildman–Crippen LogP) is 2.98. The summed E-state index contributed by atoms with van der Waals surface area (Å²) in [6.45, 7) is -0.129. The molecular weight excluding hydrogens is 380 g/mol. The highest BCUT2D eigenvalue weighted by Gasteiger charge is 2.30. The number of para-hydroxylation sites is 3. The van der Waals surface area contributed by atoms with Gasteiger partial charge in [0, 0.05) is 5.39 Å². The fraction of sp³-hybridized carbons (Fsp3) is 0.0435. The number of hydrogen-bond acceptors (Lipinski definition) is 4. The zero-order valence-corrected chi connectivity index (χ0v) is 15.8. The molecule has 0 saturated heterocycles. The first-order chi connectivity index (χ1) is 14.6. The number of carbonyl (C=O) groups excluding carboxylic acids is 2. The van der Waals surface area contributed by atoms with Crippen molar-refractivity contribution in [2.24, 2.45) is 0 Å². The Hall–Kier alpha value is -4.26. The molecule has 0 bridgehead atoms. The largest absolute Gasteiger partial charge is 0.323 e. The summed E-state index contributed by atoms with van der Waals surface area (Å²) < 4.78 is 1.23. The van der Waals surface area contributed by atoms with Crippen LogP contribution >= 0.6 is 0 Å². The van der Waals surface area contributed by atoms with E-state index in [-0.39, 0.29) is 23.7 Å². The van der Waals surface area contributed by atoms with E-state index in [0.29, 0.717) is 27.8 Å². The van der Waals surface area contributed by atoms with E-state index in [1.807, 2.05) is 6.07 Å². The zero-order chi connectivity index (χ0) is 20.7. The normalized spacial score (nSPS) is 13.1. The molecular formula is C23H16N4O3. The first-order valence-electron chi connectivity index (χ1n) is 9.42. The molecule has 30 heavy (non-hydrogen) atoms. The van der Waals surface area contributed by atoms with Crippen LogP contribution in [0.5, 0.6) is 0 Å². The summed E-state index contributed by atoms with van der Waals surface area (Å²) in [4.78, 5) is 40.2. The molecule has 0 atom stereocenters. The molecule has 1 aromatic heterocycles. The number of hydrogen-bond donors (Lipinski definition) is 1. The maximum Gasteiger partial charge on any atom is 0.279 e. The van der Waals surface area contributed by atoms with Crippen LogP contribution in [-0.4, -0.2) is 28.1 Å². The summed E-state index contributed by atoms with van der Waals surface area (Å²) in [6.07, 6.45) is 0. The second-order valence-corrected chi connectivity index (χ2v) is 6.90. The van der Waals surface area contributed by atoms with Crippen LogP contribution in [0.25, 0.3) is 16.5 Å². The molecule has 0 unspecified atom stereocenters. The number of rotatable bonds is 2. The second-order valence-electron chi connectivity index (χ2n) is 6.90. The molecule has 146 valence electrons. The SMILES string of the molecule is O=C1CN(C(=O)c2nn(-c3ccccc3)c(=O)c3ccccc23)c2ccccc2N1. The van der Waals surface area contributed by atoms with E-state index in [1.165, 1.54) is 9.58 Å². The molecule has 2 heterocycles. The van der Waals surface area contributed by atoms with Crippen molar-refractivity contribution < 1.29 is 9.59 Å². The summed E-state index contributed by atoms with van der Waals surface area (Å²) in [5, 5.41) is 8.03. The molecule has 5 rings (SSSR count). The van der Waals surface area contributed by atoms with Gasteiger partial charge in [-0.05, 0) is 30.3 Å². The van der Waals surface area contributed by atoms with Gasteiger partial charge in [-0.15, -0.1) is 0 Å². The molecule has 0 aliphatic carbocycles. The number of nitrogens with one attached hydrogen (secondary N) is 1. The first kappa shape index (κ1) is 17.8. The molecule has 1 N–H and O–H groups in total. The highest BCUT2D eigenvalue weighted by atomic mass is 16.2. The smallest absolute Gasteiger partial charge is 0.279 e. The van der Waals surface area contributed by atoms with Crippen molar-refractivity contribution in [3.05, 3.63) is 94.9 Å². The Labute approximate surface area is 171 Å². The Kier molecular flexibility index (Phi) is 4.14. The Bertz CT molecular complexity index is 1360. The molecule has 0 saturated carbocycles. The van der Waals surface area contributed by atoms with Gasteiger partial charge < -0.3 is 5.32 Å². The molecule has 3 aromatic carbocycles. The van der Waals surface area contributed by atoms with Gasteiger partial charge >= 0.3 is 0 Å². The molecule has 4 aromatic rings. The summed E-state index contributed by atoms with van der Waals surface area (Å²) in [5.41, 5.74) is 1.50. The van der Waals surface area contributed by atoms with Crippen molar-refractivity contribution >= 4 is 34.0 Å². The van der Waals surface area contributed by atoms with Crippen molar-refractivity contribution in [2.75, 3.05) is 16.8 Å². The molecule has 0 radical (unpaired) electrons. The third-order valence-electron chi connectivity index (χ3n) is 5.02. The van der Waals surface area contributed by atoms with E-state index < -0.39 is 5.91 Å². The number of nitrogens with zero attached hydrogens (tertiary/aromatic N) is 3. The van der Waals surface area contributed by atoms with E-state index in [9.17, 15) is 14.4 Å². The van der Waals surface area contributed by atoms with Crippen LogP contribution in [-0.2, 0) is 4.79 Å². The Morgan fingerprint density at radius 2 is 1.50 bits per heavy atom. The highest BCUT2D eigenvalue weighted by Crippen LogP contribution is 2.30. The van der Waals surface area contributed by atoms with Gasteiger partial charge in [0.2, 0.25) is 5.91 Å². The maximum atomic E-state index is 13.6. The minimum Gasteiger partial charge on any atom is -0.323 e. The maximum absolute atomic E-state index is 13.6. The molecule has 7 heteroatoms. The lowest BCUT2D eigenvalue weighted by Gasteiger charge is -2.29. The third-order valence-corrected chi connectivity index (χ3v) is 5.02. The minimum absolute atomic E-state index is 0.110. The molecule has 7 nitrogen and oxygen atoms in total. The number of anilines is 2. The number of benzene rings is 3. The van der Waals surface area contributed by atoms with Crippen LogP contribution in [0.1, 0.15) is 10.5 Å². The van der Waals surface area contributed by atoms with Gasteiger partial charge in [-0.3, -0.25) is 19.3 Å². The van der Waals surface area contributed by atoms with E-state index in [4.69, 9.17) is 0 Å². The Morgan fingerprint density at radius 3 is 2.30 bits per heavy atom. The Morgan fingerprint density at radius 1 is 0.833 bits per heavy atom. The van der Waals surface area contributed by atoms with Crippen molar-refractivity contribution in [3.8, 4) is 5.69 Å². The van der Waals surface area contributed by atoms with Crippen LogP contribution in [0.3, 0.4) is 0 Å². The monoisotopic (exact) mass is 396 g/mol. The summed E-state index contributed by atoms with van der Waals surface area (Å²) in [6, 6.07) is 22.9. The lowest BCUT2D eigenvalue weighted by Crippen LogP contribution is -2.43. The van der Waals surface area contributed by atoms with E-state index in [1.54, 1.807) is 72.8 Å². The van der Waals surface area contributed by atoms with Crippen LogP contribution in [0, 0.1) is 0 Å². The minimum atomic E-state index is -0.446. The standard InChI is InChI=1S/C23H16N4O3/c28-20-14-26(19-13-7-6-12-18(19)24-20)23(30)21-16-10-4-5-11-17(16)22(29)27(25-21)15-8-2-1-3-9-15/h1-13H,14H2,(H,24,28). The second kappa shape index (κ2) is 6.97. The van der Waals surface area contributed by atoms with Gasteiger partial charge in [-0.1, -0.05) is 48.5 Å². The molecule has 0 spiro atoms. The van der Waals surface area contributed by atoms with Crippen LogP contribution in [0.2, 0.25) is 0 Å². The van der Waals surface area contributed by atoms with Gasteiger partial charge in [0.15, 0.2) is 5.69 Å². The van der Waals surface area contributed by atoms with Crippen molar-refractivity contribution in [3.63, 3.8) is 0 Å². The van der Waals surface area contributed by atoms with Gasteiger partial charge in [-0.25, -0.2) is 0 Å². The van der Waals surface area contributed by atoms with Gasteiger partial charge in [0.25, 0.3) is 11.5 Å². The lowest BCUT2D eigenvalue weighted by molar-refractivity contribution is -0.115. The highest BCUT2D eigenvalue weighted by molar-refractivity contribution is 6.18. The number of aromatic nitrogens is 2. The van der Waals surface area contributed by atoms with Crippen LogP contribution < -0.4 is 15.8 Å². The number of amides is 2. The summed E-state index contributed by atoms with van der Waals surface area (Å²) >= 11 is 0. The topological polar surface area (TPSA) is 84.3 Å². The van der Waals surface area contributed by atoms with E-state index >= 15 is 0 Å². The molecule has 2 amide bonds. The van der Waals surface area contributed by atoms with Crippen LogP contribution in [0.4, 0.5) is 11.4 Å². The quantitative estimate of drug-likeness (QED) is 0.565. The fourth-order valence-corrected chi connectivity index (χ4v) is 3.63. The number of fused-ring (bicyclic) bond motifs is 2. The van der Waals surface area contributed by atoms with Crippen molar-refractivity contribution in [2.45, 2.75) is 0 Å². The summed E-state index contributed by atoms with van der Waals surface area (Å²) in [5.74, 6) is -0.735. The molecule has 1 aliphatic heterocycles.